The number of aliphatic hydroxyl groups is 1. The van der Waals surface area contributed by atoms with Gasteiger partial charge in [0.15, 0.2) is 5.78 Å². The van der Waals surface area contributed by atoms with Gasteiger partial charge in [-0.3, -0.25) is 4.79 Å². The van der Waals surface area contributed by atoms with Crippen molar-refractivity contribution in [3.63, 3.8) is 0 Å². The molecule has 0 heterocycles. The molecule has 2 fully saturated rings. The maximum absolute atomic E-state index is 12.2. The lowest BCUT2D eigenvalue weighted by molar-refractivity contribution is -0.114. The predicted octanol–water partition coefficient (Wildman–Crippen LogP) is 6.53. The predicted molar refractivity (Wildman–Crippen MR) is 133 cm³/mol. The van der Waals surface area contributed by atoms with Crippen LogP contribution < -0.4 is 4.74 Å². The Morgan fingerprint density at radius 3 is 2.56 bits per heavy atom. The Morgan fingerprint density at radius 2 is 1.76 bits per heavy atom. The van der Waals surface area contributed by atoms with Crippen LogP contribution in [0.3, 0.4) is 0 Å². The summed E-state index contributed by atoms with van der Waals surface area (Å²) in [6.45, 7) is 2.89. The molecule has 34 heavy (non-hydrogen) atoms. The van der Waals surface area contributed by atoms with Crippen LogP contribution in [0.4, 0.5) is 0 Å². The first-order valence-corrected chi connectivity index (χ1v) is 12.9. The number of fused-ring (bicyclic) bond motifs is 4. The summed E-state index contributed by atoms with van der Waals surface area (Å²) in [6.07, 6.45) is 8.38. The monoisotopic (exact) mass is 454 g/mol. The largest absolute Gasteiger partial charge is 0.489 e. The van der Waals surface area contributed by atoms with E-state index in [4.69, 9.17) is 4.74 Å². The maximum atomic E-state index is 12.2. The average molecular weight is 455 g/mol. The number of allylic oxidation sites excluding steroid dienone is 4. The number of rotatable bonds is 4. The van der Waals surface area contributed by atoms with Crippen molar-refractivity contribution in [2.75, 3.05) is 0 Å². The topological polar surface area (TPSA) is 46.5 Å². The molecule has 2 saturated carbocycles. The van der Waals surface area contributed by atoms with Crippen molar-refractivity contribution < 1.29 is 14.6 Å². The van der Waals surface area contributed by atoms with Crippen molar-refractivity contribution in [1.82, 2.24) is 0 Å². The molecule has 176 valence electrons. The number of aliphatic hydroxyl groups excluding tert-OH is 1. The van der Waals surface area contributed by atoms with E-state index in [0.717, 1.165) is 49.8 Å². The average Bonchev–Trinajstić information content (AvgIpc) is 3.17. The number of carbonyl (C=O) groups is 1. The SMILES string of the molecule is C[C@]12C[C@H](c3ccc(OCc4ccccc4)cc3)C3=C4CCC(=O)C=C4CC[C@H]3C1CC[C@@H]2O. The third-order valence-electron chi connectivity index (χ3n) is 9.21. The van der Waals surface area contributed by atoms with E-state index in [-0.39, 0.29) is 17.3 Å². The van der Waals surface area contributed by atoms with Crippen LogP contribution in [0.2, 0.25) is 0 Å². The van der Waals surface area contributed by atoms with E-state index in [0.29, 0.717) is 30.8 Å². The standard InChI is InChI=1S/C31H34O3/c1-31-18-27(21-7-11-24(12-8-21)34-19-20-5-3-2-4-6-20)30-25-14-10-23(32)17-22(25)9-13-26(30)28(31)15-16-29(31)33/h2-8,11-12,17,26-29,33H,9-10,13-16,18-19H2,1H3/t26-,27+,28?,29-,31-/m0/s1. The van der Waals surface area contributed by atoms with Crippen molar-refractivity contribution in [3.8, 4) is 5.75 Å². The second-order valence-corrected chi connectivity index (χ2v) is 11.0. The molecular formula is C31H34O3. The van der Waals surface area contributed by atoms with Crippen molar-refractivity contribution in [2.24, 2.45) is 17.3 Å². The van der Waals surface area contributed by atoms with Crippen LogP contribution in [0.25, 0.3) is 0 Å². The normalized spacial score (nSPS) is 32.5. The van der Waals surface area contributed by atoms with E-state index in [1.54, 1.807) is 5.57 Å². The Balaban J connectivity index is 1.34. The highest BCUT2D eigenvalue weighted by Gasteiger charge is 2.56. The van der Waals surface area contributed by atoms with Gasteiger partial charge in [0.25, 0.3) is 0 Å². The van der Waals surface area contributed by atoms with E-state index in [1.807, 2.05) is 24.3 Å². The van der Waals surface area contributed by atoms with E-state index >= 15 is 0 Å². The molecule has 0 aromatic heterocycles. The van der Waals surface area contributed by atoms with E-state index in [2.05, 4.69) is 43.3 Å². The molecule has 4 aliphatic rings. The third kappa shape index (κ3) is 3.65. The fourth-order valence-electron chi connectivity index (χ4n) is 7.47. The second-order valence-electron chi connectivity index (χ2n) is 11.0. The zero-order valence-corrected chi connectivity index (χ0v) is 20.0. The van der Waals surface area contributed by atoms with Gasteiger partial charge in [-0.15, -0.1) is 0 Å². The quantitative estimate of drug-likeness (QED) is 0.572. The molecule has 3 nitrogen and oxygen atoms in total. The Kier molecular flexibility index (Phi) is 5.49. The number of ether oxygens (including phenoxy) is 1. The highest BCUT2D eigenvalue weighted by Crippen LogP contribution is 2.63. The number of benzene rings is 2. The minimum absolute atomic E-state index is 0.0341. The summed E-state index contributed by atoms with van der Waals surface area (Å²) in [5.74, 6) is 2.54. The molecule has 0 aliphatic heterocycles. The number of carbonyl (C=O) groups excluding carboxylic acids is 1. The third-order valence-corrected chi connectivity index (χ3v) is 9.21. The summed E-state index contributed by atoms with van der Waals surface area (Å²) >= 11 is 0. The van der Waals surface area contributed by atoms with Gasteiger partial charge in [-0.05, 0) is 96.3 Å². The van der Waals surface area contributed by atoms with Crippen LogP contribution in [-0.2, 0) is 11.4 Å². The van der Waals surface area contributed by atoms with E-state index in [1.165, 1.54) is 16.7 Å². The van der Waals surface area contributed by atoms with Gasteiger partial charge in [0, 0.05) is 12.3 Å². The van der Waals surface area contributed by atoms with Gasteiger partial charge >= 0.3 is 0 Å². The fraction of sp³-hybridized carbons (Fsp3) is 0.452. The second kappa shape index (κ2) is 8.53. The first-order chi connectivity index (χ1) is 16.5. The molecule has 0 amide bonds. The van der Waals surface area contributed by atoms with E-state index < -0.39 is 0 Å². The molecule has 1 unspecified atom stereocenters. The van der Waals surface area contributed by atoms with Gasteiger partial charge in [0.05, 0.1) is 6.10 Å². The van der Waals surface area contributed by atoms with Crippen molar-refractivity contribution in [2.45, 2.75) is 70.5 Å². The fourth-order valence-corrected chi connectivity index (χ4v) is 7.47. The molecule has 2 aromatic carbocycles. The highest BCUT2D eigenvalue weighted by atomic mass is 16.5. The summed E-state index contributed by atoms with van der Waals surface area (Å²) in [6, 6.07) is 18.9. The van der Waals surface area contributed by atoms with Gasteiger partial charge in [0.2, 0.25) is 0 Å². The smallest absolute Gasteiger partial charge is 0.156 e. The van der Waals surface area contributed by atoms with Crippen molar-refractivity contribution >= 4 is 5.78 Å². The lowest BCUT2D eigenvalue weighted by Gasteiger charge is -2.52. The Morgan fingerprint density at radius 1 is 0.971 bits per heavy atom. The van der Waals surface area contributed by atoms with Crippen molar-refractivity contribution in [1.29, 1.82) is 0 Å². The van der Waals surface area contributed by atoms with Gasteiger partial charge in [-0.2, -0.15) is 0 Å². The van der Waals surface area contributed by atoms with Gasteiger partial charge in [-0.1, -0.05) is 55.0 Å². The van der Waals surface area contributed by atoms with Gasteiger partial charge in [-0.25, -0.2) is 0 Å². The molecule has 0 bridgehead atoms. The maximum Gasteiger partial charge on any atom is 0.156 e. The highest BCUT2D eigenvalue weighted by molar-refractivity contribution is 5.93. The summed E-state index contributed by atoms with van der Waals surface area (Å²) < 4.78 is 6.05. The molecule has 4 aliphatic carbocycles. The number of ketones is 1. The summed E-state index contributed by atoms with van der Waals surface area (Å²) in [5, 5.41) is 11.0. The lowest BCUT2D eigenvalue weighted by Crippen LogP contribution is -2.45. The number of hydrogen-bond acceptors (Lipinski definition) is 3. The summed E-state index contributed by atoms with van der Waals surface area (Å²) in [5.41, 5.74) is 6.78. The van der Waals surface area contributed by atoms with E-state index in [9.17, 15) is 9.90 Å². The van der Waals surface area contributed by atoms with Crippen LogP contribution in [0.15, 0.2) is 77.4 Å². The molecule has 0 spiro atoms. The Hall–Kier alpha value is -2.65. The molecule has 2 aromatic rings. The Bertz CT molecular complexity index is 1140. The van der Waals surface area contributed by atoms with Crippen LogP contribution in [-0.4, -0.2) is 17.0 Å². The van der Waals surface area contributed by atoms with Crippen LogP contribution in [0, 0.1) is 17.3 Å². The molecule has 6 rings (SSSR count). The minimum atomic E-state index is -0.218. The lowest BCUT2D eigenvalue weighted by atomic mass is 9.53. The number of hydrogen-bond donors (Lipinski definition) is 1. The minimum Gasteiger partial charge on any atom is -0.489 e. The van der Waals surface area contributed by atoms with Crippen LogP contribution in [0.5, 0.6) is 5.75 Å². The van der Waals surface area contributed by atoms with Crippen LogP contribution in [0.1, 0.15) is 68.9 Å². The summed E-state index contributed by atoms with van der Waals surface area (Å²) in [4.78, 5) is 12.2. The summed E-state index contributed by atoms with van der Waals surface area (Å²) in [7, 11) is 0. The Labute approximate surface area is 202 Å². The van der Waals surface area contributed by atoms with Crippen molar-refractivity contribution in [3.05, 3.63) is 88.5 Å². The first kappa shape index (κ1) is 21.9. The molecule has 0 radical (unpaired) electrons. The molecule has 5 atom stereocenters. The van der Waals surface area contributed by atoms with Gasteiger partial charge < -0.3 is 9.84 Å². The zero-order valence-electron chi connectivity index (χ0n) is 20.0. The van der Waals surface area contributed by atoms with Gasteiger partial charge in [0.1, 0.15) is 12.4 Å². The zero-order chi connectivity index (χ0) is 23.3. The molecule has 3 heteroatoms. The molecule has 0 saturated heterocycles. The molecule has 1 N–H and O–H groups in total. The van der Waals surface area contributed by atoms with Crippen LogP contribution >= 0.6 is 0 Å². The first-order valence-electron chi connectivity index (χ1n) is 12.9. The molecular weight excluding hydrogens is 420 g/mol.